The summed E-state index contributed by atoms with van der Waals surface area (Å²) < 4.78 is 37.3. The third kappa shape index (κ3) is 4.19. The van der Waals surface area contributed by atoms with Gasteiger partial charge in [-0.3, -0.25) is 0 Å². The number of nitrogens with zero attached hydrogens (tertiary/aromatic N) is 1. The van der Waals surface area contributed by atoms with Crippen molar-refractivity contribution in [3.63, 3.8) is 0 Å². The van der Waals surface area contributed by atoms with Crippen LogP contribution in [-0.4, -0.2) is 58.2 Å². The fourth-order valence-corrected chi connectivity index (χ4v) is 4.19. The Morgan fingerprint density at radius 2 is 1.73 bits per heavy atom. The summed E-state index contributed by atoms with van der Waals surface area (Å²) in [5.74, 6) is 0.637. The molecule has 0 amide bonds. The normalized spacial score (nSPS) is 23.4. The third-order valence-electron chi connectivity index (χ3n) is 3.54. The number of nitrogens with one attached hydrogen (secondary N) is 1. The molecule has 0 bridgehead atoms. The maximum atomic E-state index is 12.7. The average Bonchev–Trinajstić information content (AvgIpc) is 2.47. The highest BCUT2D eigenvalue weighted by atomic mass is 32.2. The number of methoxy groups -OCH3 is 1. The Kier molecular flexibility index (Phi) is 5.80. The zero-order valence-electron chi connectivity index (χ0n) is 13.3. The lowest BCUT2D eigenvalue weighted by molar-refractivity contribution is 0.146. The average molecular weight is 328 g/mol. The Morgan fingerprint density at radius 3 is 2.27 bits per heavy atom. The molecule has 1 aliphatic heterocycles. The molecule has 0 unspecified atom stereocenters. The fourth-order valence-electron chi connectivity index (χ4n) is 2.57. The Bertz CT molecular complexity index is 564. The molecule has 22 heavy (non-hydrogen) atoms. The van der Waals surface area contributed by atoms with Crippen molar-refractivity contribution in [2.75, 3.05) is 33.4 Å². The molecule has 0 spiro atoms. The van der Waals surface area contributed by atoms with Crippen molar-refractivity contribution in [2.24, 2.45) is 0 Å². The SMILES string of the molecule is COCCOc1ccc(S(=O)(=O)N2C[C@@H](C)N[C@@H](C)C2)cc1. The first kappa shape index (κ1) is 17.2. The highest BCUT2D eigenvalue weighted by Crippen LogP contribution is 2.21. The van der Waals surface area contributed by atoms with Gasteiger partial charge in [0.1, 0.15) is 12.4 Å². The molecule has 1 N–H and O–H groups in total. The minimum Gasteiger partial charge on any atom is -0.491 e. The van der Waals surface area contributed by atoms with Crippen LogP contribution in [0.1, 0.15) is 13.8 Å². The van der Waals surface area contributed by atoms with Gasteiger partial charge < -0.3 is 14.8 Å². The van der Waals surface area contributed by atoms with Gasteiger partial charge in [0, 0.05) is 32.3 Å². The van der Waals surface area contributed by atoms with E-state index in [0.29, 0.717) is 36.9 Å². The molecule has 124 valence electrons. The monoisotopic (exact) mass is 328 g/mol. The predicted molar refractivity (Wildman–Crippen MR) is 84.6 cm³/mol. The molecule has 1 aromatic carbocycles. The van der Waals surface area contributed by atoms with E-state index in [-0.39, 0.29) is 12.1 Å². The first-order valence-electron chi connectivity index (χ1n) is 7.41. The van der Waals surface area contributed by atoms with Gasteiger partial charge in [-0.25, -0.2) is 8.42 Å². The molecule has 1 aromatic rings. The van der Waals surface area contributed by atoms with E-state index in [1.165, 1.54) is 0 Å². The molecule has 7 heteroatoms. The number of hydrogen-bond acceptors (Lipinski definition) is 5. The molecular weight excluding hydrogens is 304 g/mol. The van der Waals surface area contributed by atoms with E-state index in [1.807, 2.05) is 13.8 Å². The lowest BCUT2D eigenvalue weighted by atomic mass is 10.2. The van der Waals surface area contributed by atoms with E-state index in [0.717, 1.165) is 0 Å². The quantitative estimate of drug-likeness (QED) is 0.792. The first-order chi connectivity index (χ1) is 10.4. The van der Waals surface area contributed by atoms with Gasteiger partial charge in [0.25, 0.3) is 0 Å². The van der Waals surface area contributed by atoms with Gasteiger partial charge in [-0.2, -0.15) is 4.31 Å². The second-order valence-corrected chi connectivity index (χ2v) is 7.54. The van der Waals surface area contributed by atoms with Gasteiger partial charge in [0.05, 0.1) is 11.5 Å². The lowest BCUT2D eigenvalue weighted by Gasteiger charge is -2.35. The fraction of sp³-hybridized carbons (Fsp3) is 0.600. The highest BCUT2D eigenvalue weighted by molar-refractivity contribution is 7.89. The second kappa shape index (κ2) is 7.41. The van der Waals surface area contributed by atoms with Crippen LogP contribution >= 0.6 is 0 Å². The van der Waals surface area contributed by atoms with Gasteiger partial charge >= 0.3 is 0 Å². The minimum absolute atomic E-state index is 0.148. The van der Waals surface area contributed by atoms with Gasteiger partial charge in [-0.1, -0.05) is 0 Å². The van der Waals surface area contributed by atoms with E-state index in [2.05, 4.69) is 5.32 Å². The molecular formula is C15H24N2O4S. The molecule has 0 aliphatic carbocycles. The zero-order chi connectivity index (χ0) is 16.2. The Morgan fingerprint density at radius 1 is 1.14 bits per heavy atom. The van der Waals surface area contributed by atoms with Crippen LogP contribution in [0.25, 0.3) is 0 Å². The lowest BCUT2D eigenvalue weighted by Crippen LogP contribution is -2.55. The van der Waals surface area contributed by atoms with Gasteiger partial charge in [0.2, 0.25) is 10.0 Å². The van der Waals surface area contributed by atoms with E-state index >= 15 is 0 Å². The summed E-state index contributed by atoms with van der Waals surface area (Å²) in [6.07, 6.45) is 0. The number of piperazine rings is 1. The summed E-state index contributed by atoms with van der Waals surface area (Å²) >= 11 is 0. The number of rotatable bonds is 6. The molecule has 2 rings (SSSR count). The van der Waals surface area contributed by atoms with Crippen molar-refractivity contribution in [3.8, 4) is 5.75 Å². The van der Waals surface area contributed by atoms with Crippen molar-refractivity contribution in [1.29, 1.82) is 0 Å². The largest absolute Gasteiger partial charge is 0.491 e. The van der Waals surface area contributed by atoms with Crippen molar-refractivity contribution >= 4 is 10.0 Å². The summed E-state index contributed by atoms with van der Waals surface area (Å²) in [7, 11) is -1.85. The van der Waals surface area contributed by atoms with Crippen LogP contribution in [0.15, 0.2) is 29.2 Å². The summed E-state index contributed by atoms with van der Waals surface area (Å²) in [6, 6.07) is 6.84. The van der Waals surface area contributed by atoms with Crippen molar-refractivity contribution in [2.45, 2.75) is 30.8 Å². The number of sulfonamides is 1. The predicted octanol–water partition coefficient (Wildman–Crippen LogP) is 1.08. The first-order valence-corrected chi connectivity index (χ1v) is 8.85. The van der Waals surface area contributed by atoms with Crippen LogP contribution in [0.3, 0.4) is 0 Å². The molecule has 6 nitrogen and oxygen atoms in total. The topological polar surface area (TPSA) is 67.9 Å². The highest BCUT2D eigenvalue weighted by Gasteiger charge is 2.31. The van der Waals surface area contributed by atoms with Crippen LogP contribution in [0.4, 0.5) is 0 Å². The van der Waals surface area contributed by atoms with Crippen LogP contribution < -0.4 is 10.1 Å². The van der Waals surface area contributed by atoms with Crippen LogP contribution in [0.5, 0.6) is 5.75 Å². The maximum absolute atomic E-state index is 12.7. The molecule has 1 fully saturated rings. The molecule has 0 radical (unpaired) electrons. The Balaban J connectivity index is 2.09. The van der Waals surface area contributed by atoms with Crippen molar-refractivity contribution < 1.29 is 17.9 Å². The molecule has 1 aliphatic rings. The van der Waals surface area contributed by atoms with Crippen molar-refractivity contribution in [3.05, 3.63) is 24.3 Å². The number of ether oxygens (including phenoxy) is 2. The smallest absolute Gasteiger partial charge is 0.243 e. The molecule has 0 aromatic heterocycles. The van der Waals surface area contributed by atoms with Crippen molar-refractivity contribution in [1.82, 2.24) is 9.62 Å². The van der Waals surface area contributed by atoms with Gasteiger partial charge in [-0.15, -0.1) is 0 Å². The van der Waals surface area contributed by atoms with Crippen LogP contribution in [0, 0.1) is 0 Å². The standard InChI is InChI=1S/C15H24N2O4S/c1-12-10-17(11-13(2)16-12)22(18,19)15-6-4-14(5-7-15)21-9-8-20-3/h4-7,12-13,16H,8-11H2,1-3H3/t12-,13+. The maximum Gasteiger partial charge on any atom is 0.243 e. The summed E-state index contributed by atoms with van der Waals surface area (Å²) in [5.41, 5.74) is 0. The summed E-state index contributed by atoms with van der Waals surface area (Å²) in [4.78, 5) is 0.299. The van der Waals surface area contributed by atoms with Crippen LogP contribution in [0.2, 0.25) is 0 Å². The molecule has 1 saturated heterocycles. The zero-order valence-corrected chi connectivity index (χ0v) is 14.1. The summed E-state index contributed by atoms with van der Waals surface area (Å²) in [6.45, 7) is 5.89. The van der Waals surface area contributed by atoms with Gasteiger partial charge in [-0.05, 0) is 38.1 Å². The van der Waals surface area contributed by atoms with Gasteiger partial charge in [0.15, 0.2) is 0 Å². The summed E-state index contributed by atoms with van der Waals surface area (Å²) in [5, 5.41) is 3.33. The molecule has 1 heterocycles. The van der Waals surface area contributed by atoms with Crippen LogP contribution in [-0.2, 0) is 14.8 Å². The minimum atomic E-state index is -3.46. The molecule has 0 saturated carbocycles. The van der Waals surface area contributed by atoms with E-state index in [9.17, 15) is 8.42 Å². The Labute approximate surface area is 132 Å². The number of benzene rings is 1. The Hall–Kier alpha value is -1.15. The van der Waals surface area contributed by atoms with E-state index in [1.54, 1.807) is 35.7 Å². The molecule has 2 atom stereocenters. The second-order valence-electron chi connectivity index (χ2n) is 5.60. The van der Waals surface area contributed by atoms with E-state index in [4.69, 9.17) is 9.47 Å². The number of hydrogen-bond donors (Lipinski definition) is 1. The third-order valence-corrected chi connectivity index (χ3v) is 5.39. The van der Waals surface area contributed by atoms with E-state index < -0.39 is 10.0 Å².